The SMILES string of the molecule is NC1C=CC(C(=O)N2CC3CCC2C3)C1. The number of carbonyl (C=O) groups excluding carboxylic acids is 1. The van der Waals surface area contributed by atoms with Gasteiger partial charge < -0.3 is 10.6 Å². The maximum atomic E-state index is 12.2. The topological polar surface area (TPSA) is 46.3 Å². The number of piperidine rings is 1. The lowest BCUT2D eigenvalue weighted by molar-refractivity contribution is -0.135. The fourth-order valence-corrected chi connectivity index (χ4v) is 3.32. The second kappa shape index (κ2) is 3.34. The van der Waals surface area contributed by atoms with Crippen LogP contribution in [-0.2, 0) is 4.79 Å². The van der Waals surface area contributed by atoms with Crippen LogP contribution in [0.2, 0.25) is 0 Å². The summed E-state index contributed by atoms with van der Waals surface area (Å²) >= 11 is 0. The van der Waals surface area contributed by atoms with Crippen molar-refractivity contribution in [2.45, 2.75) is 37.8 Å². The normalized spacial score (nSPS) is 42.9. The van der Waals surface area contributed by atoms with Crippen LogP contribution in [0.5, 0.6) is 0 Å². The largest absolute Gasteiger partial charge is 0.339 e. The van der Waals surface area contributed by atoms with Gasteiger partial charge in [-0.3, -0.25) is 4.79 Å². The maximum absolute atomic E-state index is 12.2. The van der Waals surface area contributed by atoms with Crippen LogP contribution in [0.15, 0.2) is 12.2 Å². The standard InChI is InChI=1S/C12H18N2O/c13-10-3-2-9(6-10)12(15)14-7-8-1-4-11(14)5-8/h2-3,8-11H,1,4-7,13H2. The Kier molecular flexibility index (Phi) is 2.09. The third-order valence-electron chi connectivity index (χ3n) is 4.13. The maximum Gasteiger partial charge on any atom is 0.229 e. The molecule has 0 aromatic heterocycles. The molecular weight excluding hydrogens is 188 g/mol. The van der Waals surface area contributed by atoms with Crippen molar-refractivity contribution in [3.63, 3.8) is 0 Å². The van der Waals surface area contributed by atoms with Crippen molar-refractivity contribution in [2.75, 3.05) is 6.54 Å². The Labute approximate surface area is 90.3 Å². The molecule has 1 amide bonds. The Morgan fingerprint density at radius 3 is 2.67 bits per heavy atom. The first-order valence-corrected chi connectivity index (χ1v) is 5.98. The summed E-state index contributed by atoms with van der Waals surface area (Å²) in [5.74, 6) is 1.18. The summed E-state index contributed by atoms with van der Waals surface area (Å²) in [6, 6.07) is 0.645. The first-order valence-electron chi connectivity index (χ1n) is 5.98. The molecule has 0 spiro atoms. The van der Waals surface area contributed by atoms with Gasteiger partial charge in [-0.25, -0.2) is 0 Å². The van der Waals surface area contributed by atoms with Crippen molar-refractivity contribution in [1.29, 1.82) is 0 Å². The minimum atomic E-state index is 0.0688. The van der Waals surface area contributed by atoms with Gasteiger partial charge in [0.25, 0.3) is 0 Å². The number of carbonyl (C=O) groups is 1. The van der Waals surface area contributed by atoms with Gasteiger partial charge in [-0.2, -0.15) is 0 Å². The molecule has 1 saturated heterocycles. The van der Waals surface area contributed by atoms with Crippen molar-refractivity contribution in [3.05, 3.63) is 12.2 Å². The molecule has 2 bridgehead atoms. The molecule has 0 radical (unpaired) electrons. The molecule has 82 valence electrons. The van der Waals surface area contributed by atoms with E-state index >= 15 is 0 Å². The highest BCUT2D eigenvalue weighted by molar-refractivity contribution is 5.82. The van der Waals surface area contributed by atoms with E-state index in [1.54, 1.807) is 0 Å². The van der Waals surface area contributed by atoms with Crippen molar-refractivity contribution in [2.24, 2.45) is 17.6 Å². The van der Waals surface area contributed by atoms with Gasteiger partial charge in [-0.15, -0.1) is 0 Å². The number of hydrogen-bond acceptors (Lipinski definition) is 2. The van der Waals surface area contributed by atoms with E-state index in [0.29, 0.717) is 11.9 Å². The molecule has 2 aliphatic carbocycles. The third kappa shape index (κ3) is 1.49. The molecule has 3 heteroatoms. The molecule has 2 fully saturated rings. The highest BCUT2D eigenvalue weighted by Crippen LogP contribution is 2.38. The molecule has 4 unspecified atom stereocenters. The predicted octanol–water partition coefficient (Wildman–Crippen LogP) is 0.901. The minimum absolute atomic E-state index is 0.0688. The van der Waals surface area contributed by atoms with E-state index in [2.05, 4.69) is 4.90 Å². The van der Waals surface area contributed by atoms with Crippen LogP contribution in [0.4, 0.5) is 0 Å². The van der Waals surface area contributed by atoms with Crippen molar-refractivity contribution >= 4 is 5.91 Å². The second-order valence-electron chi connectivity index (χ2n) is 5.21. The lowest BCUT2D eigenvalue weighted by Crippen LogP contribution is -2.41. The highest BCUT2D eigenvalue weighted by Gasteiger charge is 2.42. The number of amides is 1. The van der Waals surface area contributed by atoms with Gasteiger partial charge in [-0.1, -0.05) is 12.2 Å². The number of fused-ring (bicyclic) bond motifs is 2. The van der Waals surface area contributed by atoms with Gasteiger partial charge in [0.2, 0.25) is 5.91 Å². The molecule has 0 aromatic rings. The molecule has 3 aliphatic rings. The lowest BCUT2D eigenvalue weighted by atomic mass is 10.0. The van der Waals surface area contributed by atoms with Crippen LogP contribution in [-0.4, -0.2) is 29.4 Å². The summed E-state index contributed by atoms with van der Waals surface area (Å²) in [5, 5.41) is 0. The molecular formula is C12H18N2O. The number of likely N-dealkylation sites (tertiary alicyclic amines) is 1. The van der Waals surface area contributed by atoms with Gasteiger partial charge in [-0.05, 0) is 31.6 Å². The Hall–Kier alpha value is -0.830. The van der Waals surface area contributed by atoms with E-state index in [1.165, 1.54) is 19.3 Å². The van der Waals surface area contributed by atoms with Crippen molar-refractivity contribution < 1.29 is 4.79 Å². The smallest absolute Gasteiger partial charge is 0.229 e. The van der Waals surface area contributed by atoms with Gasteiger partial charge in [0.05, 0.1) is 5.92 Å². The minimum Gasteiger partial charge on any atom is -0.339 e. The van der Waals surface area contributed by atoms with E-state index < -0.39 is 0 Å². The summed E-state index contributed by atoms with van der Waals surface area (Å²) in [7, 11) is 0. The monoisotopic (exact) mass is 206 g/mol. The summed E-state index contributed by atoms with van der Waals surface area (Å²) in [4.78, 5) is 14.3. The fraction of sp³-hybridized carbons (Fsp3) is 0.750. The number of hydrogen-bond donors (Lipinski definition) is 1. The number of rotatable bonds is 1. The highest BCUT2D eigenvalue weighted by atomic mass is 16.2. The van der Waals surface area contributed by atoms with Crippen LogP contribution in [0, 0.1) is 11.8 Å². The number of nitrogens with two attached hydrogens (primary N) is 1. The molecule has 4 atom stereocenters. The summed E-state index contributed by atoms with van der Waals surface area (Å²) < 4.78 is 0. The average Bonchev–Trinajstić information content (AvgIpc) is 2.90. The predicted molar refractivity (Wildman–Crippen MR) is 58.1 cm³/mol. The molecule has 3 rings (SSSR count). The van der Waals surface area contributed by atoms with Crippen molar-refractivity contribution in [1.82, 2.24) is 4.90 Å². The molecule has 1 heterocycles. The molecule has 0 aromatic carbocycles. The van der Waals surface area contributed by atoms with Crippen LogP contribution >= 0.6 is 0 Å². The van der Waals surface area contributed by atoms with E-state index in [-0.39, 0.29) is 12.0 Å². The van der Waals surface area contributed by atoms with E-state index in [0.717, 1.165) is 18.9 Å². The summed E-state index contributed by atoms with van der Waals surface area (Å²) in [5.41, 5.74) is 5.78. The van der Waals surface area contributed by atoms with Gasteiger partial charge in [0.15, 0.2) is 0 Å². The van der Waals surface area contributed by atoms with Gasteiger partial charge in [0, 0.05) is 18.6 Å². The zero-order chi connectivity index (χ0) is 10.4. The van der Waals surface area contributed by atoms with Crippen LogP contribution in [0.25, 0.3) is 0 Å². The average molecular weight is 206 g/mol. The molecule has 1 aliphatic heterocycles. The number of nitrogens with zero attached hydrogens (tertiary/aromatic N) is 1. The Balaban J connectivity index is 1.68. The molecule has 3 nitrogen and oxygen atoms in total. The Morgan fingerprint density at radius 2 is 2.13 bits per heavy atom. The Bertz CT molecular complexity index is 313. The fourth-order valence-electron chi connectivity index (χ4n) is 3.32. The first-order chi connectivity index (χ1) is 7.24. The van der Waals surface area contributed by atoms with Gasteiger partial charge >= 0.3 is 0 Å². The summed E-state index contributed by atoms with van der Waals surface area (Å²) in [6.45, 7) is 1.00. The molecule has 1 saturated carbocycles. The van der Waals surface area contributed by atoms with Crippen LogP contribution in [0.3, 0.4) is 0 Å². The zero-order valence-corrected chi connectivity index (χ0v) is 8.93. The second-order valence-corrected chi connectivity index (χ2v) is 5.21. The van der Waals surface area contributed by atoms with Crippen LogP contribution in [0.1, 0.15) is 25.7 Å². The van der Waals surface area contributed by atoms with Crippen molar-refractivity contribution in [3.8, 4) is 0 Å². The van der Waals surface area contributed by atoms with E-state index in [1.807, 2.05) is 12.2 Å². The van der Waals surface area contributed by atoms with Gasteiger partial charge in [0.1, 0.15) is 0 Å². The Morgan fingerprint density at radius 1 is 1.27 bits per heavy atom. The zero-order valence-electron chi connectivity index (χ0n) is 8.93. The lowest BCUT2D eigenvalue weighted by Gasteiger charge is -2.29. The summed E-state index contributed by atoms with van der Waals surface area (Å²) in [6.07, 6.45) is 8.57. The third-order valence-corrected chi connectivity index (χ3v) is 4.13. The van der Waals surface area contributed by atoms with E-state index in [4.69, 9.17) is 5.73 Å². The molecule has 2 N–H and O–H groups in total. The first kappa shape index (κ1) is 9.40. The van der Waals surface area contributed by atoms with Crippen LogP contribution < -0.4 is 5.73 Å². The van der Waals surface area contributed by atoms with E-state index in [9.17, 15) is 4.79 Å². The molecule has 15 heavy (non-hydrogen) atoms. The quantitative estimate of drug-likeness (QED) is 0.648.